The molecule has 0 saturated heterocycles. The predicted octanol–water partition coefficient (Wildman–Crippen LogP) is 14.3. The van der Waals surface area contributed by atoms with Crippen molar-refractivity contribution in [3.63, 3.8) is 0 Å². The third-order valence-electron chi connectivity index (χ3n) is 12.7. The van der Waals surface area contributed by atoms with E-state index < -0.39 is 0 Å². The van der Waals surface area contributed by atoms with Crippen LogP contribution in [0.25, 0.3) is 65.6 Å². The van der Waals surface area contributed by atoms with E-state index in [4.69, 9.17) is 4.42 Å². The maximum absolute atomic E-state index is 6.42. The van der Waals surface area contributed by atoms with Crippen LogP contribution in [0.3, 0.4) is 0 Å². The molecule has 9 aromatic rings. The number of allylic oxidation sites excluding steroid dienone is 12. The zero-order valence-corrected chi connectivity index (χ0v) is 31.4. The quantitative estimate of drug-likeness (QED) is 0.159. The molecule has 270 valence electrons. The summed E-state index contributed by atoms with van der Waals surface area (Å²) in [5.74, 6) is 0.711. The van der Waals surface area contributed by atoms with Gasteiger partial charge < -0.3 is 13.7 Å². The van der Waals surface area contributed by atoms with Crippen molar-refractivity contribution in [2.24, 2.45) is 0 Å². The maximum atomic E-state index is 6.42. The molecule has 3 aliphatic rings. The lowest BCUT2D eigenvalue weighted by Crippen LogP contribution is -2.26. The molecule has 3 aromatic heterocycles. The Bertz CT molecular complexity index is 3340. The number of fused-ring (bicyclic) bond motifs is 15. The molecule has 3 aliphatic carbocycles. The molecule has 0 spiro atoms. The Morgan fingerprint density at radius 2 is 1.39 bits per heavy atom. The highest BCUT2D eigenvalue weighted by atomic mass is 16.3. The molecule has 3 heteroatoms. The molecule has 0 N–H and O–H groups in total. The van der Waals surface area contributed by atoms with Gasteiger partial charge in [0.05, 0.1) is 16.6 Å². The molecule has 6 aromatic carbocycles. The van der Waals surface area contributed by atoms with Crippen LogP contribution in [0.1, 0.15) is 41.4 Å². The van der Waals surface area contributed by atoms with Gasteiger partial charge in [-0.2, -0.15) is 0 Å². The minimum Gasteiger partial charge on any atom is -0.456 e. The van der Waals surface area contributed by atoms with Crippen LogP contribution in [0.5, 0.6) is 0 Å². The Balaban J connectivity index is 0.968. The van der Waals surface area contributed by atoms with Crippen LogP contribution in [0.4, 0.5) is 5.69 Å². The fourth-order valence-electron chi connectivity index (χ4n) is 10.1. The van der Waals surface area contributed by atoms with Crippen molar-refractivity contribution in [3.8, 4) is 0 Å². The van der Waals surface area contributed by atoms with Gasteiger partial charge in [0, 0.05) is 67.8 Å². The number of anilines is 1. The van der Waals surface area contributed by atoms with Gasteiger partial charge in [-0.1, -0.05) is 128 Å². The van der Waals surface area contributed by atoms with Gasteiger partial charge in [0.15, 0.2) is 0 Å². The summed E-state index contributed by atoms with van der Waals surface area (Å²) in [5, 5.41) is 7.39. The van der Waals surface area contributed by atoms with Crippen LogP contribution in [-0.4, -0.2) is 4.40 Å². The number of nitrogens with zero attached hydrogens (tertiary/aromatic N) is 2. The number of hydrogen-bond donors (Lipinski definition) is 0. The molecular formula is C54H38N2O. The number of furan rings is 1. The van der Waals surface area contributed by atoms with Crippen molar-refractivity contribution >= 4 is 71.3 Å². The second-order valence-electron chi connectivity index (χ2n) is 15.6. The van der Waals surface area contributed by atoms with Crippen molar-refractivity contribution in [2.75, 3.05) is 4.90 Å². The minimum absolute atomic E-state index is 0.286. The van der Waals surface area contributed by atoms with E-state index in [9.17, 15) is 0 Å². The molecule has 0 aliphatic heterocycles. The largest absolute Gasteiger partial charge is 0.456 e. The van der Waals surface area contributed by atoms with Gasteiger partial charge in [-0.05, 0) is 94.8 Å². The fourth-order valence-corrected chi connectivity index (χ4v) is 10.1. The molecule has 0 fully saturated rings. The summed E-state index contributed by atoms with van der Waals surface area (Å²) >= 11 is 0. The summed E-state index contributed by atoms with van der Waals surface area (Å²) in [7, 11) is 0. The van der Waals surface area contributed by atoms with E-state index in [1.54, 1.807) is 0 Å². The van der Waals surface area contributed by atoms with Gasteiger partial charge in [-0.15, -0.1) is 0 Å². The standard InChI is InChI=1S/C54H38N2O/c1-2-34(35-24-29-51-49(31-35)47-21-11-20-46-43-18-7-9-22-50(43)56(51)54(46)47)13-12-30-55(37-26-28-45-44-19-8-10-23-52(44)57-53(45)33-37)36-25-27-42-40-16-4-3-14-38(40)39-15-5-6-17-41(39)48(42)32-36/h2-13,15-31,33,38,48H,1,14,32H2. The van der Waals surface area contributed by atoms with E-state index >= 15 is 0 Å². The van der Waals surface area contributed by atoms with Crippen LogP contribution < -0.4 is 4.90 Å². The molecule has 0 bridgehead atoms. The summed E-state index contributed by atoms with van der Waals surface area (Å²) in [6, 6.07) is 46.3. The third kappa shape index (κ3) is 4.79. The molecule has 57 heavy (non-hydrogen) atoms. The van der Waals surface area contributed by atoms with E-state index in [2.05, 4.69) is 180 Å². The Labute approximate surface area is 330 Å². The smallest absolute Gasteiger partial charge is 0.137 e. The Kier molecular flexibility index (Phi) is 7.03. The van der Waals surface area contributed by atoms with Gasteiger partial charge in [0.25, 0.3) is 0 Å². The average Bonchev–Trinajstić information content (AvgIpc) is 3.93. The summed E-state index contributed by atoms with van der Waals surface area (Å²) in [4.78, 5) is 2.35. The van der Waals surface area contributed by atoms with Crippen LogP contribution >= 0.6 is 0 Å². The van der Waals surface area contributed by atoms with Crippen molar-refractivity contribution in [1.82, 2.24) is 4.40 Å². The topological polar surface area (TPSA) is 20.8 Å². The minimum atomic E-state index is 0.286. The normalized spacial score (nSPS) is 18.0. The SMILES string of the molecule is C=CC(=CC=CN(C1=CC=C2C3=CC=CCC3c3ccccc3C2C1)c1ccc2c(c1)oc1ccccc12)c1ccc2c(c1)c1cccc3c4ccccc4n2c31. The van der Waals surface area contributed by atoms with Crippen molar-refractivity contribution in [2.45, 2.75) is 24.7 Å². The summed E-state index contributed by atoms with van der Waals surface area (Å²) in [6.07, 6.45) is 22.1. The fraction of sp³-hybridized carbons (Fsp3) is 0.0741. The lowest BCUT2D eigenvalue weighted by Gasteiger charge is -2.40. The van der Waals surface area contributed by atoms with E-state index in [-0.39, 0.29) is 5.92 Å². The molecular weight excluding hydrogens is 693 g/mol. The molecule has 2 unspecified atom stereocenters. The van der Waals surface area contributed by atoms with E-state index in [0.29, 0.717) is 5.92 Å². The van der Waals surface area contributed by atoms with Crippen molar-refractivity contribution < 1.29 is 4.42 Å². The molecule has 3 heterocycles. The maximum Gasteiger partial charge on any atom is 0.137 e. The van der Waals surface area contributed by atoms with Crippen molar-refractivity contribution in [3.05, 3.63) is 222 Å². The third-order valence-corrected chi connectivity index (χ3v) is 12.7. The lowest BCUT2D eigenvalue weighted by atomic mass is 9.66. The monoisotopic (exact) mass is 730 g/mol. The van der Waals surface area contributed by atoms with Crippen LogP contribution in [0, 0.1) is 0 Å². The summed E-state index contributed by atoms with van der Waals surface area (Å²) < 4.78 is 8.84. The molecule has 0 saturated carbocycles. The lowest BCUT2D eigenvalue weighted by molar-refractivity contribution is 0.659. The van der Waals surface area contributed by atoms with Gasteiger partial charge in [-0.3, -0.25) is 0 Å². The highest BCUT2D eigenvalue weighted by Crippen LogP contribution is 2.52. The highest BCUT2D eigenvalue weighted by Gasteiger charge is 2.36. The Morgan fingerprint density at radius 3 is 2.28 bits per heavy atom. The molecule has 2 atom stereocenters. The molecule has 12 rings (SSSR count). The number of rotatable bonds is 6. The van der Waals surface area contributed by atoms with Gasteiger partial charge in [-0.25, -0.2) is 0 Å². The zero-order valence-electron chi connectivity index (χ0n) is 31.4. The van der Waals surface area contributed by atoms with Gasteiger partial charge in [0.1, 0.15) is 11.2 Å². The number of benzene rings is 6. The van der Waals surface area contributed by atoms with Crippen LogP contribution in [-0.2, 0) is 0 Å². The first-order valence-electron chi connectivity index (χ1n) is 20.0. The first-order valence-corrected chi connectivity index (χ1v) is 20.0. The van der Waals surface area contributed by atoms with Crippen molar-refractivity contribution in [1.29, 1.82) is 0 Å². The second-order valence-corrected chi connectivity index (χ2v) is 15.6. The molecule has 0 radical (unpaired) electrons. The Hall–Kier alpha value is -7.10. The van der Waals surface area contributed by atoms with Gasteiger partial charge >= 0.3 is 0 Å². The highest BCUT2D eigenvalue weighted by molar-refractivity contribution is 6.23. The van der Waals surface area contributed by atoms with Gasteiger partial charge in [0.2, 0.25) is 0 Å². The van der Waals surface area contributed by atoms with Crippen LogP contribution in [0.15, 0.2) is 210 Å². The summed E-state index contributed by atoms with van der Waals surface area (Å²) in [5.41, 5.74) is 15.9. The van der Waals surface area contributed by atoms with E-state index in [1.807, 2.05) is 18.2 Å². The van der Waals surface area contributed by atoms with Crippen LogP contribution in [0.2, 0.25) is 0 Å². The van der Waals surface area contributed by atoms with E-state index in [1.165, 1.54) is 66.1 Å². The molecule has 3 nitrogen and oxygen atoms in total. The Morgan fingerprint density at radius 1 is 0.649 bits per heavy atom. The number of hydrogen-bond acceptors (Lipinski definition) is 2. The number of aromatic nitrogens is 1. The van der Waals surface area contributed by atoms with E-state index in [0.717, 1.165) is 51.6 Å². The summed E-state index contributed by atoms with van der Waals surface area (Å²) in [6.45, 7) is 4.28. The predicted molar refractivity (Wildman–Crippen MR) is 239 cm³/mol. The first-order chi connectivity index (χ1) is 28.2. The number of para-hydroxylation sites is 3. The average molecular weight is 731 g/mol. The second kappa shape index (κ2) is 12.5. The molecule has 0 amide bonds. The zero-order chi connectivity index (χ0) is 37.6. The first kappa shape index (κ1) is 32.2.